The van der Waals surface area contributed by atoms with Crippen molar-refractivity contribution in [3.63, 3.8) is 0 Å². The maximum absolute atomic E-state index is 12.1. The highest BCUT2D eigenvalue weighted by molar-refractivity contribution is 7.15. The molecule has 0 spiro atoms. The fourth-order valence-corrected chi connectivity index (χ4v) is 2.78. The van der Waals surface area contributed by atoms with E-state index in [2.05, 4.69) is 20.8 Å². The third-order valence-corrected chi connectivity index (χ3v) is 4.07. The Hall–Kier alpha value is -1.95. The van der Waals surface area contributed by atoms with Crippen LogP contribution in [-0.4, -0.2) is 22.1 Å². The van der Waals surface area contributed by atoms with Crippen molar-refractivity contribution < 1.29 is 4.79 Å². The van der Waals surface area contributed by atoms with E-state index in [1.807, 2.05) is 31.2 Å². The molecule has 19 heavy (non-hydrogen) atoms. The quantitative estimate of drug-likeness (QED) is 0.899. The van der Waals surface area contributed by atoms with Crippen LogP contribution in [0, 0.1) is 0 Å². The molecule has 2 heterocycles. The van der Waals surface area contributed by atoms with Crippen molar-refractivity contribution in [3.8, 4) is 0 Å². The molecular formula is C13H14N4OS. The average Bonchev–Trinajstić information content (AvgIpc) is 3.04. The maximum Gasteiger partial charge on any atom is 0.249 e. The van der Waals surface area contributed by atoms with Crippen LogP contribution in [0.5, 0.6) is 0 Å². The highest BCUT2D eigenvalue weighted by Gasteiger charge is 2.26. The Labute approximate surface area is 115 Å². The van der Waals surface area contributed by atoms with Crippen molar-refractivity contribution >= 4 is 28.1 Å². The minimum absolute atomic E-state index is 0.0602. The van der Waals surface area contributed by atoms with E-state index in [1.54, 1.807) is 0 Å². The third kappa shape index (κ3) is 2.44. The molecule has 0 bridgehead atoms. The number of nitrogens with one attached hydrogen (secondary N) is 2. The Kier molecular flexibility index (Phi) is 3.16. The maximum atomic E-state index is 12.1. The second-order valence-electron chi connectivity index (χ2n) is 4.40. The molecule has 1 atom stereocenters. The summed E-state index contributed by atoms with van der Waals surface area (Å²) in [6, 6.07) is 7.74. The Bertz CT molecular complexity index is 585. The summed E-state index contributed by atoms with van der Waals surface area (Å²) < 4.78 is 0. The molecule has 0 aliphatic carbocycles. The van der Waals surface area contributed by atoms with Gasteiger partial charge < -0.3 is 5.32 Å². The second kappa shape index (κ2) is 4.97. The number of rotatable bonds is 3. The van der Waals surface area contributed by atoms with Gasteiger partial charge in [0.1, 0.15) is 11.0 Å². The van der Waals surface area contributed by atoms with E-state index in [0.717, 1.165) is 17.1 Å². The van der Waals surface area contributed by atoms with E-state index < -0.39 is 0 Å². The number of fused-ring (bicyclic) bond motifs is 1. The van der Waals surface area contributed by atoms with Gasteiger partial charge in [0, 0.05) is 12.1 Å². The van der Waals surface area contributed by atoms with Gasteiger partial charge >= 0.3 is 0 Å². The number of aromatic nitrogens is 2. The van der Waals surface area contributed by atoms with E-state index >= 15 is 0 Å². The third-order valence-electron chi connectivity index (χ3n) is 3.09. The molecule has 5 nitrogen and oxygen atoms in total. The molecule has 0 saturated carbocycles. The second-order valence-corrected chi connectivity index (χ2v) is 5.46. The topological polar surface area (TPSA) is 66.9 Å². The van der Waals surface area contributed by atoms with Gasteiger partial charge in [-0.1, -0.05) is 36.5 Å². The summed E-state index contributed by atoms with van der Waals surface area (Å²) in [4.78, 5) is 12.1. The summed E-state index contributed by atoms with van der Waals surface area (Å²) in [6.45, 7) is 2.02. The number of anilines is 2. The molecule has 1 aliphatic rings. The number of hydrogen-bond donors (Lipinski definition) is 2. The zero-order valence-electron chi connectivity index (χ0n) is 10.5. The number of para-hydroxylation sites is 1. The monoisotopic (exact) mass is 274 g/mol. The fraction of sp³-hybridized carbons (Fsp3) is 0.308. The minimum Gasteiger partial charge on any atom is -0.373 e. The van der Waals surface area contributed by atoms with Crippen LogP contribution in [0.4, 0.5) is 10.8 Å². The molecule has 6 heteroatoms. The molecular weight excluding hydrogens is 260 g/mol. The number of carbonyl (C=O) groups is 1. The Morgan fingerprint density at radius 3 is 3.05 bits per heavy atom. The zero-order chi connectivity index (χ0) is 13.2. The van der Waals surface area contributed by atoms with Crippen LogP contribution in [0.2, 0.25) is 0 Å². The van der Waals surface area contributed by atoms with Crippen LogP contribution < -0.4 is 10.6 Å². The van der Waals surface area contributed by atoms with Gasteiger partial charge in [0.15, 0.2) is 0 Å². The van der Waals surface area contributed by atoms with E-state index in [-0.39, 0.29) is 11.9 Å². The molecule has 2 aromatic rings. The van der Waals surface area contributed by atoms with Gasteiger partial charge in [0.05, 0.1) is 0 Å². The van der Waals surface area contributed by atoms with Gasteiger partial charge in [-0.3, -0.25) is 10.1 Å². The molecule has 1 aliphatic heterocycles. The predicted octanol–water partition coefficient (Wildman–Crippen LogP) is 2.08. The molecule has 1 aromatic carbocycles. The van der Waals surface area contributed by atoms with Crippen molar-refractivity contribution in [1.29, 1.82) is 0 Å². The normalized spacial score (nSPS) is 16.8. The number of benzene rings is 1. The van der Waals surface area contributed by atoms with Gasteiger partial charge in [-0.25, -0.2) is 0 Å². The van der Waals surface area contributed by atoms with Gasteiger partial charge in [0.2, 0.25) is 11.0 Å². The lowest BCUT2D eigenvalue weighted by molar-refractivity contribution is -0.116. The van der Waals surface area contributed by atoms with Gasteiger partial charge in [0.25, 0.3) is 0 Å². The Morgan fingerprint density at radius 1 is 1.47 bits per heavy atom. The van der Waals surface area contributed by atoms with Crippen LogP contribution in [0.1, 0.15) is 17.5 Å². The molecule has 1 aromatic heterocycles. The lowest BCUT2D eigenvalue weighted by Gasteiger charge is -2.09. The van der Waals surface area contributed by atoms with Crippen LogP contribution in [0.25, 0.3) is 0 Å². The molecule has 0 radical (unpaired) electrons. The van der Waals surface area contributed by atoms with E-state index in [9.17, 15) is 4.79 Å². The summed E-state index contributed by atoms with van der Waals surface area (Å²) in [7, 11) is 0. The van der Waals surface area contributed by atoms with E-state index in [4.69, 9.17) is 0 Å². The molecule has 1 amide bonds. The molecule has 3 rings (SSSR count). The van der Waals surface area contributed by atoms with Crippen molar-refractivity contribution in [3.05, 3.63) is 34.8 Å². The number of aryl methyl sites for hydroxylation is 1. The van der Waals surface area contributed by atoms with E-state index in [0.29, 0.717) is 11.6 Å². The predicted molar refractivity (Wildman–Crippen MR) is 75.5 cm³/mol. The first-order chi connectivity index (χ1) is 9.26. The summed E-state index contributed by atoms with van der Waals surface area (Å²) >= 11 is 1.42. The van der Waals surface area contributed by atoms with Gasteiger partial charge in [-0.2, -0.15) is 0 Å². The lowest BCUT2D eigenvalue weighted by atomic mass is 10.1. The summed E-state index contributed by atoms with van der Waals surface area (Å²) in [5.41, 5.74) is 2.21. The van der Waals surface area contributed by atoms with Gasteiger partial charge in [-0.15, -0.1) is 10.2 Å². The smallest absolute Gasteiger partial charge is 0.249 e. The fourth-order valence-electron chi connectivity index (χ4n) is 2.10. The number of amides is 1. The lowest BCUT2D eigenvalue weighted by Crippen LogP contribution is -2.32. The van der Waals surface area contributed by atoms with Crippen LogP contribution in [0.15, 0.2) is 24.3 Å². The molecule has 0 fully saturated rings. The SMILES string of the molecule is CCc1nnc(NC(=O)C2Cc3ccccc3N2)s1. The summed E-state index contributed by atoms with van der Waals surface area (Å²) in [6.07, 6.45) is 1.54. The zero-order valence-corrected chi connectivity index (χ0v) is 11.3. The number of carbonyl (C=O) groups excluding carboxylic acids is 1. The summed E-state index contributed by atoms with van der Waals surface area (Å²) in [5.74, 6) is -0.0602. The number of nitrogens with zero attached hydrogens (tertiary/aromatic N) is 2. The van der Waals surface area contributed by atoms with Gasteiger partial charge in [-0.05, 0) is 18.1 Å². The Morgan fingerprint density at radius 2 is 2.32 bits per heavy atom. The Balaban J connectivity index is 1.66. The van der Waals surface area contributed by atoms with E-state index in [1.165, 1.54) is 16.9 Å². The first kappa shape index (κ1) is 12.1. The number of hydrogen-bond acceptors (Lipinski definition) is 5. The van der Waals surface area contributed by atoms with Crippen LogP contribution in [-0.2, 0) is 17.6 Å². The minimum atomic E-state index is -0.230. The highest BCUT2D eigenvalue weighted by atomic mass is 32.1. The molecule has 1 unspecified atom stereocenters. The molecule has 98 valence electrons. The average molecular weight is 274 g/mol. The molecule has 2 N–H and O–H groups in total. The largest absolute Gasteiger partial charge is 0.373 e. The van der Waals surface area contributed by atoms with Crippen molar-refractivity contribution in [2.45, 2.75) is 25.8 Å². The highest BCUT2D eigenvalue weighted by Crippen LogP contribution is 2.26. The van der Waals surface area contributed by atoms with Crippen LogP contribution >= 0.6 is 11.3 Å². The van der Waals surface area contributed by atoms with Crippen molar-refractivity contribution in [2.24, 2.45) is 0 Å². The molecule has 0 saturated heterocycles. The van der Waals surface area contributed by atoms with Crippen LogP contribution in [0.3, 0.4) is 0 Å². The first-order valence-corrected chi connectivity index (χ1v) is 7.05. The first-order valence-electron chi connectivity index (χ1n) is 6.24. The van der Waals surface area contributed by atoms with Crippen molar-refractivity contribution in [1.82, 2.24) is 10.2 Å². The standard InChI is InChI=1S/C13H14N4OS/c1-2-11-16-17-13(19-11)15-12(18)10-7-8-5-3-4-6-9(8)14-10/h3-6,10,14H,2,7H2,1H3,(H,15,17,18). The summed E-state index contributed by atoms with van der Waals surface area (Å²) in [5, 5.41) is 15.5. The van der Waals surface area contributed by atoms with Crippen molar-refractivity contribution in [2.75, 3.05) is 10.6 Å².